The number of aromatic nitrogens is 3. The van der Waals surface area contributed by atoms with Gasteiger partial charge in [-0.1, -0.05) is 103 Å². The Morgan fingerprint density at radius 2 is 0.873 bits per heavy atom. The van der Waals surface area contributed by atoms with Gasteiger partial charge in [-0.05, 0) is 72.8 Å². The van der Waals surface area contributed by atoms with Crippen molar-refractivity contribution in [2.45, 2.75) is 0 Å². The van der Waals surface area contributed by atoms with Crippen molar-refractivity contribution >= 4 is 65.4 Å². The first-order chi connectivity index (χ1) is 27.2. The standard InChI is InChI=1S/C50H29N5/c51-30-32-24-26-39(37-15-3-8-20-44(37)54-46-22-10-5-17-40(46)50-33(31-52)12-11-23-48(50)54)49(28-32)55-45-21-9-4-16-38(45)41-29-34(25-27-47(41)55)53-42-18-6-1-13-35(42)36-14-2-7-19-43(36)53/h1-29H. The van der Waals surface area contributed by atoms with Gasteiger partial charge in [0.25, 0.3) is 0 Å². The Labute approximate surface area is 316 Å². The average molecular weight is 700 g/mol. The first-order valence-electron chi connectivity index (χ1n) is 18.3. The Balaban J connectivity index is 1.19. The summed E-state index contributed by atoms with van der Waals surface area (Å²) >= 11 is 0. The highest BCUT2D eigenvalue weighted by atomic mass is 15.0. The van der Waals surface area contributed by atoms with E-state index in [-0.39, 0.29) is 0 Å². The fourth-order valence-corrected chi connectivity index (χ4v) is 8.84. The monoisotopic (exact) mass is 699 g/mol. The van der Waals surface area contributed by atoms with Crippen molar-refractivity contribution in [1.82, 2.24) is 13.7 Å². The normalized spacial score (nSPS) is 11.6. The molecule has 0 N–H and O–H groups in total. The number of para-hydroxylation sites is 5. The molecular weight excluding hydrogens is 671 g/mol. The van der Waals surface area contributed by atoms with Crippen LogP contribution in [0.1, 0.15) is 11.1 Å². The van der Waals surface area contributed by atoms with E-state index in [0.29, 0.717) is 11.1 Å². The molecule has 0 spiro atoms. The molecule has 8 aromatic carbocycles. The number of rotatable bonds is 4. The van der Waals surface area contributed by atoms with Gasteiger partial charge in [0.15, 0.2) is 0 Å². The largest absolute Gasteiger partial charge is 0.309 e. The molecular formula is C50H29N5. The lowest BCUT2D eigenvalue weighted by Gasteiger charge is -2.19. The van der Waals surface area contributed by atoms with Crippen molar-refractivity contribution in [2.75, 3.05) is 0 Å². The first kappa shape index (κ1) is 30.7. The predicted octanol–water partition coefficient (Wildman–Crippen LogP) is 12.4. The Morgan fingerprint density at radius 1 is 0.345 bits per heavy atom. The van der Waals surface area contributed by atoms with E-state index in [1.54, 1.807) is 0 Å². The van der Waals surface area contributed by atoms with E-state index >= 15 is 0 Å². The number of nitrogens with zero attached hydrogens (tertiary/aromatic N) is 5. The van der Waals surface area contributed by atoms with Crippen LogP contribution in [-0.4, -0.2) is 13.7 Å². The molecule has 3 heterocycles. The van der Waals surface area contributed by atoms with Gasteiger partial charge < -0.3 is 13.7 Å². The Bertz CT molecular complexity index is 3420. The van der Waals surface area contributed by atoms with Crippen molar-refractivity contribution in [3.05, 3.63) is 187 Å². The molecule has 55 heavy (non-hydrogen) atoms. The summed E-state index contributed by atoms with van der Waals surface area (Å²) in [6, 6.07) is 66.0. The smallest absolute Gasteiger partial charge is 0.0998 e. The summed E-state index contributed by atoms with van der Waals surface area (Å²) in [6.45, 7) is 0. The minimum Gasteiger partial charge on any atom is -0.309 e. The Morgan fingerprint density at radius 3 is 1.56 bits per heavy atom. The third-order valence-corrected chi connectivity index (χ3v) is 11.1. The van der Waals surface area contributed by atoms with Crippen LogP contribution in [-0.2, 0) is 0 Å². The molecule has 0 aliphatic carbocycles. The zero-order chi connectivity index (χ0) is 36.6. The van der Waals surface area contributed by atoms with Gasteiger partial charge in [-0.2, -0.15) is 10.5 Å². The quantitative estimate of drug-likeness (QED) is 0.184. The van der Waals surface area contributed by atoms with E-state index in [1.807, 2.05) is 36.4 Å². The van der Waals surface area contributed by atoms with Crippen LogP contribution >= 0.6 is 0 Å². The number of nitriles is 2. The second-order valence-electron chi connectivity index (χ2n) is 13.9. The van der Waals surface area contributed by atoms with E-state index in [2.05, 4.69) is 165 Å². The lowest BCUT2D eigenvalue weighted by atomic mass is 9.99. The molecule has 254 valence electrons. The van der Waals surface area contributed by atoms with Crippen LogP contribution in [0.2, 0.25) is 0 Å². The molecule has 3 aromatic heterocycles. The van der Waals surface area contributed by atoms with Crippen molar-refractivity contribution in [3.63, 3.8) is 0 Å². The average Bonchev–Trinajstić information content (AvgIpc) is 3.89. The highest BCUT2D eigenvalue weighted by molar-refractivity contribution is 6.14. The fraction of sp³-hybridized carbons (Fsp3) is 0. The lowest BCUT2D eigenvalue weighted by molar-refractivity contribution is 1.15. The highest BCUT2D eigenvalue weighted by Gasteiger charge is 2.22. The van der Waals surface area contributed by atoms with Gasteiger partial charge in [-0.15, -0.1) is 0 Å². The van der Waals surface area contributed by atoms with Gasteiger partial charge >= 0.3 is 0 Å². The molecule has 0 atom stereocenters. The van der Waals surface area contributed by atoms with Crippen LogP contribution in [0.4, 0.5) is 0 Å². The molecule has 11 aromatic rings. The van der Waals surface area contributed by atoms with Crippen LogP contribution in [0.25, 0.3) is 93.6 Å². The molecule has 0 aliphatic rings. The zero-order valence-corrected chi connectivity index (χ0v) is 29.5. The van der Waals surface area contributed by atoms with E-state index < -0.39 is 0 Å². The maximum atomic E-state index is 10.3. The number of hydrogen-bond acceptors (Lipinski definition) is 2. The van der Waals surface area contributed by atoms with E-state index in [0.717, 1.165) is 71.8 Å². The predicted molar refractivity (Wildman–Crippen MR) is 224 cm³/mol. The van der Waals surface area contributed by atoms with Gasteiger partial charge in [0, 0.05) is 49.1 Å². The SMILES string of the molecule is N#Cc1ccc(-c2ccccc2-n2c3ccccc3c3c(C#N)cccc32)c(-n2c3ccccc3c3cc(-n4c5ccccc5c5ccccc54)ccc32)c1. The summed E-state index contributed by atoms with van der Waals surface area (Å²) in [5.41, 5.74) is 12.7. The Kier molecular flexibility index (Phi) is 6.61. The number of fused-ring (bicyclic) bond motifs is 9. The summed E-state index contributed by atoms with van der Waals surface area (Å²) in [4.78, 5) is 0. The summed E-state index contributed by atoms with van der Waals surface area (Å²) in [5, 5.41) is 27.1. The van der Waals surface area contributed by atoms with Gasteiger partial charge in [0.05, 0.1) is 67.7 Å². The first-order valence-corrected chi connectivity index (χ1v) is 18.3. The number of benzene rings is 8. The molecule has 0 unspecified atom stereocenters. The molecule has 0 amide bonds. The molecule has 0 radical (unpaired) electrons. The van der Waals surface area contributed by atoms with Crippen LogP contribution in [0.5, 0.6) is 0 Å². The van der Waals surface area contributed by atoms with Crippen molar-refractivity contribution in [1.29, 1.82) is 10.5 Å². The Hall–Kier alpha value is -7.86. The van der Waals surface area contributed by atoms with E-state index in [9.17, 15) is 10.5 Å². The van der Waals surface area contributed by atoms with Crippen molar-refractivity contribution in [2.24, 2.45) is 0 Å². The van der Waals surface area contributed by atoms with Gasteiger partial charge in [0.2, 0.25) is 0 Å². The van der Waals surface area contributed by atoms with Gasteiger partial charge in [-0.3, -0.25) is 0 Å². The van der Waals surface area contributed by atoms with Crippen LogP contribution < -0.4 is 0 Å². The molecule has 11 rings (SSSR count). The van der Waals surface area contributed by atoms with Gasteiger partial charge in [-0.25, -0.2) is 0 Å². The molecule has 0 aliphatic heterocycles. The fourth-order valence-electron chi connectivity index (χ4n) is 8.84. The molecule has 5 nitrogen and oxygen atoms in total. The molecule has 0 bridgehead atoms. The maximum absolute atomic E-state index is 10.3. The lowest BCUT2D eigenvalue weighted by Crippen LogP contribution is -2.02. The second-order valence-corrected chi connectivity index (χ2v) is 13.9. The minimum absolute atomic E-state index is 0.583. The summed E-state index contributed by atoms with van der Waals surface area (Å²) in [5.74, 6) is 0. The highest BCUT2D eigenvalue weighted by Crippen LogP contribution is 2.42. The molecule has 0 fully saturated rings. The minimum atomic E-state index is 0.583. The molecule has 5 heteroatoms. The summed E-state index contributed by atoms with van der Waals surface area (Å²) < 4.78 is 6.94. The van der Waals surface area contributed by atoms with Crippen LogP contribution in [0.15, 0.2) is 176 Å². The molecule has 0 saturated heterocycles. The van der Waals surface area contributed by atoms with Crippen molar-refractivity contribution in [3.8, 4) is 40.3 Å². The maximum Gasteiger partial charge on any atom is 0.0998 e. The summed E-state index contributed by atoms with van der Waals surface area (Å²) in [6.07, 6.45) is 0. The van der Waals surface area contributed by atoms with Crippen LogP contribution in [0.3, 0.4) is 0 Å². The van der Waals surface area contributed by atoms with Crippen molar-refractivity contribution < 1.29 is 0 Å². The molecule has 0 saturated carbocycles. The second kappa shape index (κ2) is 11.8. The van der Waals surface area contributed by atoms with E-state index in [4.69, 9.17) is 0 Å². The van der Waals surface area contributed by atoms with Crippen LogP contribution in [0, 0.1) is 22.7 Å². The third-order valence-electron chi connectivity index (χ3n) is 11.1. The third kappa shape index (κ3) is 4.39. The van der Waals surface area contributed by atoms with Gasteiger partial charge in [0.1, 0.15) is 0 Å². The van der Waals surface area contributed by atoms with E-state index in [1.165, 1.54) is 21.8 Å². The summed E-state index contributed by atoms with van der Waals surface area (Å²) in [7, 11) is 0. The number of hydrogen-bond donors (Lipinski definition) is 0. The topological polar surface area (TPSA) is 62.4 Å². The zero-order valence-electron chi connectivity index (χ0n) is 29.5.